The third kappa shape index (κ3) is 3.26. The lowest BCUT2D eigenvalue weighted by atomic mass is 9.93. The summed E-state index contributed by atoms with van der Waals surface area (Å²) in [6, 6.07) is 2.61. The molecule has 8 nitrogen and oxygen atoms in total. The van der Waals surface area contributed by atoms with Crippen molar-refractivity contribution in [3.63, 3.8) is 0 Å². The van der Waals surface area contributed by atoms with E-state index in [2.05, 4.69) is 20.6 Å². The van der Waals surface area contributed by atoms with E-state index in [1.807, 2.05) is 0 Å². The Morgan fingerprint density at radius 2 is 2.13 bits per heavy atom. The van der Waals surface area contributed by atoms with Crippen LogP contribution in [0.1, 0.15) is 15.9 Å². The number of hydrogen-bond acceptors (Lipinski definition) is 7. The summed E-state index contributed by atoms with van der Waals surface area (Å²) in [5, 5.41) is 4.98. The third-order valence-electron chi connectivity index (χ3n) is 5.06. The average molecular weight is 427 g/mol. The molecule has 0 bridgehead atoms. The second-order valence-electron chi connectivity index (χ2n) is 6.73. The Morgan fingerprint density at radius 1 is 1.37 bits per heavy atom. The van der Waals surface area contributed by atoms with Crippen LogP contribution in [0.2, 0.25) is 0 Å². The van der Waals surface area contributed by atoms with Crippen molar-refractivity contribution in [3.05, 3.63) is 35.3 Å². The van der Waals surface area contributed by atoms with Gasteiger partial charge in [0.15, 0.2) is 11.6 Å². The SMILES string of the molecule is CNc1nc(Nc2ccc(C(=O)N3CC4OCC43)c(F)c2OC)ncc1C(F)(F)F. The lowest BCUT2D eigenvalue weighted by Crippen LogP contribution is -2.71. The van der Waals surface area contributed by atoms with Gasteiger partial charge in [0.25, 0.3) is 5.91 Å². The van der Waals surface area contributed by atoms with Gasteiger partial charge in [0.1, 0.15) is 11.4 Å². The lowest BCUT2D eigenvalue weighted by Gasteiger charge is -2.54. The maximum absolute atomic E-state index is 15.0. The molecule has 0 aliphatic carbocycles. The minimum Gasteiger partial charge on any atom is -0.492 e. The van der Waals surface area contributed by atoms with Gasteiger partial charge in [-0.2, -0.15) is 18.2 Å². The zero-order chi connectivity index (χ0) is 21.6. The quantitative estimate of drug-likeness (QED) is 0.710. The van der Waals surface area contributed by atoms with E-state index < -0.39 is 29.3 Å². The van der Waals surface area contributed by atoms with Gasteiger partial charge in [-0.1, -0.05) is 0 Å². The number of likely N-dealkylation sites (tertiary alicyclic amines) is 1. The number of hydrogen-bond donors (Lipinski definition) is 2. The number of aromatic nitrogens is 2. The van der Waals surface area contributed by atoms with E-state index in [0.717, 1.165) is 0 Å². The van der Waals surface area contributed by atoms with Gasteiger partial charge in [-0.05, 0) is 12.1 Å². The Labute approximate surface area is 168 Å². The first-order chi connectivity index (χ1) is 14.2. The van der Waals surface area contributed by atoms with Gasteiger partial charge >= 0.3 is 6.18 Å². The fourth-order valence-electron chi connectivity index (χ4n) is 3.34. The molecule has 1 amide bonds. The van der Waals surface area contributed by atoms with Crippen molar-refractivity contribution >= 4 is 23.4 Å². The summed E-state index contributed by atoms with van der Waals surface area (Å²) in [7, 11) is 2.50. The van der Waals surface area contributed by atoms with E-state index in [4.69, 9.17) is 9.47 Å². The molecular formula is C18H17F4N5O3. The highest BCUT2D eigenvalue weighted by atomic mass is 19.4. The summed E-state index contributed by atoms with van der Waals surface area (Å²) >= 11 is 0. The highest BCUT2D eigenvalue weighted by Gasteiger charge is 2.50. The molecule has 2 aliphatic heterocycles. The van der Waals surface area contributed by atoms with Crippen molar-refractivity contribution in [2.24, 2.45) is 0 Å². The van der Waals surface area contributed by atoms with Gasteiger partial charge in [-0.3, -0.25) is 4.79 Å². The minimum absolute atomic E-state index is 0.0121. The standard InChI is InChI=1S/C18H17F4N5O3/c1-23-15-9(18(20,21)22)5-24-17(26-15)25-10-4-3-8(13(19)14(10)29-2)16(28)27-6-12-11(27)7-30-12/h3-5,11-12H,6-7H2,1-2H3,(H2,23,24,25,26). The monoisotopic (exact) mass is 427 g/mol. The van der Waals surface area contributed by atoms with Crippen molar-refractivity contribution in [3.8, 4) is 5.75 Å². The number of alkyl halides is 3. The number of benzene rings is 1. The zero-order valence-electron chi connectivity index (χ0n) is 15.9. The molecule has 2 aliphatic rings. The maximum atomic E-state index is 15.0. The molecule has 4 rings (SSSR count). The van der Waals surface area contributed by atoms with E-state index in [1.54, 1.807) is 0 Å². The highest BCUT2D eigenvalue weighted by Crippen LogP contribution is 2.37. The topological polar surface area (TPSA) is 88.6 Å². The first-order valence-corrected chi connectivity index (χ1v) is 8.92. The molecule has 2 fully saturated rings. The van der Waals surface area contributed by atoms with Gasteiger partial charge < -0.3 is 25.0 Å². The van der Waals surface area contributed by atoms with Crippen LogP contribution in [0, 0.1) is 5.82 Å². The van der Waals surface area contributed by atoms with E-state index >= 15 is 0 Å². The second kappa shape index (κ2) is 7.27. The number of morpholine rings is 1. The Kier molecular flexibility index (Phi) is 4.88. The number of nitrogens with one attached hydrogen (secondary N) is 2. The van der Waals surface area contributed by atoms with Gasteiger partial charge in [0.2, 0.25) is 5.95 Å². The van der Waals surface area contributed by atoms with Gasteiger partial charge in [0.05, 0.1) is 37.1 Å². The minimum atomic E-state index is -4.63. The molecule has 0 radical (unpaired) electrons. The average Bonchev–Trinajstić information content (AvgIpc) is 2.69. The van der Waals surface area contributed by atoms with E-state index in [-0.39, 0.29) is 35.1 Å². The zero-order valence-corrected chi connectivity index (χ0v) is 15.9. The van der Waals surface area contributed by atoms with Crippen LogP contribution >= 0.6 is 0 Å². The van der Waals surface area contributed by atoms with Crippen molar-refractivity contribution in [1.82, 2.24) is 14.9 Å². The molecule has 0 spiro atoms. The van der Waals surface area contributed by atoms with Gasteiger partial charge in [-0.15, -0.1) is 0 Å². The Morgan fingerprint density at radius 3 is 2.67 bits per heavy atom. The van der Waals surface area contributed by atoms with Crippen LogP contribution in [0.3, 0.4) is 0 Å². The molecule has 2 N–H and O–H groups in total. The molecule has 1 aromatic carbocycles. The van der Waals surface area contributed by atoms with Crippen LogP contribution in [-0.4, -0.2) is 60.2 Å². The Hall–Kier alpha value is -3.15. The molecule has 1 aromatic heterocycles. The van der Waals surface area contributed by atoms with E-state index in [0.29, 0.717) is 19.3 Å². The number of rotatable bonds is 5. The number of halogens is 4. The molecule has 2 saturated heterocycles. The van der Waals surface area contributed by atoms with Crippen LogP contribution in [0.4, 0.5) is 35.0 Å². The van der Waals surface area contributed by atoms with Crippen LogP contribution in [0.25, 0.3) is 0 Å². The molecule has 0 saturated carbocycles. The van der Waals surface area contributed by atoms with Crippen molar-refractivity contribution < 1.29 is 31.8 Å². The van der Waals surface area contributed by atoms with Crippen molar-refractivity contribution in [2.75, 3.05) is 37.9 Å². The maximum Gasteiger partial charge on any atom is 0.421 e. The van der Waals surface area contributed by atoms with E-state index in [9.17, 15) is 22.4 Å². The number of anilines is 3. The first-order valence-electron chi connectivity index (χ1n) is 8.92. The second-order valence-corrected chi connectivity index (χ2v) is 6.73. The predicted molar refractivity (Wildman–Crippen MR) is 97.4 cm³/mol. The van der Waals surface area contributed by atoms with E-state index in [1.165, 1.54) is 31.2 Å². The number of ether oxygens (including phenoxy) is 2. The predicted octanol–water partition coefficient (Wildman–Crippen LogP) is 2.65. The normalized spacial score (nSPS) is 20.0. The highest BCUT2D eigenvalue weighted by molar-refractivity contribution is 5.96. The summed E-state index contributed by atoms with van der Waals surface area (Å²) in [4.78, 5) is 21.5. The fourth-order valence-corrected chi connectivity index (χ4v) is 3.34. The van der Waals surface area contributed by atoms with Gasteiger partial charge in [-0.25, -0.2) is 9.37 Å². The van der Waals surface area contributed by atoms with Gasteiger partial charge in [0, 0.05) is 19.8 Å². The molecule has 160 valence electrons. The Balaban J connectivity index is 1.60. The summed E-state index contributed by atoms with van der Waals surface area (Å²) in [6.45, 7) is 0.825. The van der Waals surface area contributed by atoms with Crippen LogP contribution < -0.4 is 15.4 Å². The summed E-state index contributed by atoms with van der Waals surface area (Å²) < 4.78 is 64.3. The smallest absolute Gasteiger partial charge is 0.421 e. The molecular weight excluding hydrogens is 410 g/mol. The van der Waals surface area contributed by atoms with Crippen LogP contribution in [0.15, 0.2) is 18.3 Å². The first kappa shape index (κ1) is 20.1. The number of carbonyl (C=O) groups excluding carboxylic acids is 1. The third-order valence-corrected chi connectivity index (χ3v) is 5.06. The van der Waals surface area contributed by atoms with Crippen LogP contribution in [-0.2, 0) is 10.9 Å². The number of carbonyl (C=O) groups is 1. The summed E-state index contributed by atoms with van der Waals surface area (Å²) in [5.41, 5.74) is -1.16. The Bertz CT molecular complexity index is 1000. The van der Waals surface area contributed by atoms with Crippen LogP contribution in [0.5, 0.6) is 5.75 Å². The molecule has 30 heavy (non-hydrogen) atoms. The van der Waals surface area contributed by atoms with Crippen molar-refractivity contribution in [2.45, 2.75) is 18.3 Å². The lowest BCUT2D eigenvalue weighted by molar-refractivity contribution is -0.195. The number of fused-ring (bicyclic) bond motifs is 1. The molecule has 3 heterocycles. The summed E-state index contributed by atoms with van der Waals surface area (Å²) in [5.74, 6) is -2.30. The number of methoxy groups -OCH3 is 1. The molecule has 12 heteroatoms. The fraction of sp³-hybridized carbons (Fsp3) is 0.389. The summed E-state index contributed by atoms with van der Waals surface area (Å²) in [6.07, 6.45) is -4.01. The molecule has 2 aromatic rings. The number of amides is 1. The largest absolute Gasteiger partial charge is 0.492 e. The molecule has 2 atom stereocenters. The number of nitrogens with zero attached hydrogens (tertiary/aromatic N) is 3. The molecule has 2 unspecified atom stereocenters. The van der Waals surface area contributed by atoms with Crippen molar-refractivity contribution in [1.29, 1.82) is 0 Å².